The van der Waals surface area contributed by atoms with E-state index in [4.69, 9.17) is 0 Å². The molecule has 0 atom stereocenters. The van der Waals surface area contributed by atoms with E-state index in [9.17, 15) is 8.42 Å². The molecule has 4 aromatic rings. The Morgan fingerprint density at radius 3 is 1.57 bits per heavy atom. The molecule has 0 N–H and O–H groups in total. The summed E-state index contributed by atoms with van der Waals surface area (Å²) in [4.78, 5) is 3.68. The Bertz CT molecular complexity index is 1200. The van der Waals surface area contributed by atoms with E-state index < -0.39 is 20.7 Å². The van der Waals surface area contributed by atoms with Gasteiger partial charge in [0.15, 0.2) is 14.7 Å². The van der Waals surface area contributed by atoms with Crippen molar-refractivity contribution in [2.75, 3.05) is 0 Å². The van der Waals surface area contributed by atoms with Crippen LogP contribution in [0.15, 0.2) is 128 Å². The van der Waals surface area contributed by atoms with Crippen LogP contribution in [0.25, 0.3) is 0 Å². The van der Waals surface area contributed by atoms with Crippen LogP contribution >= 0.6 is 0 Å². The predicted molar refractivity (Wildman–Crippen MR) is 123 cm³/mol. The first kappa shape index (κ1) is 20.5. The molecule has 0 spiro atoms. The quantitative estimate of drug-likeness (QED) is 0.351. The second-order valence-corrected chi connectivity index (χ2v) is 11.1. The lowest BCUT2D eigenvalue weighted by Crippen LogP contribution is -2.12. The van der Waals surface area contributed by atoms with Gasteiger partial charge >= 0.3 is 0 Å². The average Bonchev–Trinajstić information content (AvgIpc) is 2.77. The predicted octanol–water partition coefficient (Wildman–Crippen LogP) is 6.23. The highest BCUT2D eigenvalue weighted by Gasteiger charge is 2.35. The second-order valence-electron chi connectivity index (χ2n) is 7.20. The van der Waals surface area contributed by atoms with Gasteiger partial charge in [-0.15, -0.1) is 0 Å². The number of aryl methyl sites for hydroxylation is 2. The fourth-order valence-corrected chi connectivity index (χ4v) is 7.33. The van der Waals surface area contributed by atoms with E-state index in [1.165, 1.54) is 11.1 Å². The molecule has 0 fully saturated rings. The number of rotatable bonds is 5. The Hall–Kier alpha value is -2.82. The third-order valence-electron chi connectivity index (χ3n) is 4.93. The lowest BCUT2D eigenvalue weighted by atomic mass is 10.2. The molecule has 0 amide bonds. The third kappa shape index (κ3) is 4.07. The Labute approximate surface area is 181 Å². The number of hydrogen-bond donors (Lipinski definition) is 0. The van der Waals surface area contributed by atoms with Crippen molar-refractivity contribution >= 4 is 20.7 Å². The van der Waals surface area contributed by atoms with Crippen LogP contribution < -0.4 is 0 Å². The van der Waals surface area contributed by atoms with Crippen molar-refractivity contribution in [2.45, 2.75) is 38.3 Å². The van der Waals surface area contributed by atoms with Gasteiger partial charge in [0.2, 0.25) is 9.84 Å². The van der Waals surface area contributed by atoms with Gasteiger partial charge in [-0.05, 0) is 62.4 Å². The summed E-state index contributed by atoms with van der Waals surface area (Å²) in [7, 11) is -4.18. The van der Waals surface area contributed by atoms with Gasteiger partial charge in [-0.25, -0.2) is 8.42 Å². The van der Waals surface area contributed by atoms with Gasteiger partial charge in [0, 0.05) is 0 Å². The maximum absolute atomic E-state index is 13.5. The third-order valence-corrected chi connectivity index (χ3v) is 9.17. The maximum Gasteiger partial charge on any atom is 0.211 e. The summed E-state index contributed by atoms with van der Waals surface area (Å²) in [6.07, 6.45) is 0. The second kappa shape index (κ2) is 8.50. The first-order chi connectivity index (χ1) is 14.5. The van der Waals surface area contributed by atoms with Gasteiger partial charge < -0.3 is 0 Å². The van der Waals surface area contributed by atoms with Crippen LogP contribution in [0.2, 0.25) is 0 Å². The summed E-state index contributed by atoms with van der Waals surface area (Å²) < 4.78 is 27.1. The smallest absolute Gasteiger partial charge is 0.211 e. The molecule has 0 heterocycles. The van der Waals surface area contributed by atoms with Crippen molar-refractivity contribution < 1.29 is 8.42 Å². The van der Waals surface area contributed by atoms with E-state index in [0.717, 1.165) is 14.7 Å². The van der Waals surface area contributed by atoms with E-state index in [-0.39, 0.29) is 0 Å². The van der Waals surface area contributed by atoms with Gasteiger partial charge in [0.05, 0.1) is 4.90 Å². The molecule has 0 aliphatic rings. The molecule has 0 saturated heterocycles. The van der Waals surface area contributed by atoms with Crippen LogP contribution in [0.4, 0.5) is 0 Å². The Kier molecular flexibility index (Phi) is 5.80. The average molecular weight is 432 g/mol. The highest BCUT2D eigenvalue weighted by molar-refractivity contribution is 7.98. The normalized spacial score (nSPS) is 11.6. The lowest BCUT2D eigenvalue weighted by Gasteiger charge is -2.13. The van der Waals surface area contributed by atoms with E-state index in [1.54, 1.807) is 36.4 Å². The molecule has 4 rings (SSSR count). The highest BCUT2D eigenvalue weighted by atomic mass is 32.2. The van der Waals surface area contributed by atoms with Crippen molar-refractivity contribution in [2.24, 2.45) is 0 Å². The highest BCUT2D eigenvalue weighted by Crippen LogP contribution is 2.37. The molecule has 0 aliphatic carbocycles. The van der Waals surface area contributed by atoms with E-state index >= 15 is 0 Å². The summed E-state index contributed by atoms with van der Waals surface area (Å²) in [6, 6.07) is 32.8. The molecular weight excluding hydrogens is 408 g/mol. The molecule has 150 valence electrons. The minimum Gasteiger partial charge on any atom is -0.218 e. The van der Waals surface area contributed by atoms with Gasteiger partial charge in [0.1, 0.15) is 15.8 Å². The van der Waals surface area contributed by atoms with Gasteiger partial charge in [-0.3, -0.25) is 0 Å². The fraction of sp³-hybridized carbons (Fsp3) is 0.0769. The van der Waals surface area contributed by atoms with Crippen LogP contribution in [0.3, 0.4) is 0 Å². The lowest BCUT2D eigenvalue weighted by molar-refractivity contribution is 0.594. The fourth-order valence-electron chi connectivity index (χ4n) is 3.31. The van der Waals surface area contributed by atoms with Crippen LogP contribution in [0, 0.1) is 13.8 Å². The summed E-state index contributed by atoms with van der Waals surface area (Å²) in [5.41, 5.74) is 2.35. The zero-order valence-electron chi connectivity index (χ0n) is 16.9. The molecule has 0 aliphatic heterocycles. The zero-order valence-corrected chi connectivity index (χ0v) is 18.6. The molecule has 0 bridgehead atoms. The molecule has 0 unspecified atom stereocenters. The number of benzene rings is 4. The minimum absolute atomic E-state index is 0.314. The van der Waals surface area contributed by atoms with Gasteiger partial charge in [-0.2, -0.15) is 0 Å². The molecule has 4 aromatic carbocycles. The van der Waals surface area contributed by atoms with Gasteiger partial charge in [-0.1, -0.05) is 65.7 Å². The van der Waals surface area contributed by atoms with Crippen molar-refractivity contribution in [3.63, 3.8) is 0 Å². The largest absolute Gasteiger partial charge is 0.218 e. The zero-order chi connectivity index (χ0) is 21.1. The van der Waals surface area contributed by atoms with Crippen LogP contribution in [-0.2, 0) is 20.7 Å². The SMILES string of the molecule is Cc1ccc([S+](c2ccc(C)cc2)c2ccccc2S(=O)(=O)c2ccccc2)cc1. The van der Waals surface area contributed by atoms with E-state index in [0.29, 0.717) is 9.79 Å². The first-order valence-corrected chi connectivity index (χ1v) is 12.4. The van der Waals surface area contributed by atoms with Crippen molar-refractivity contribution in [1.29, 1.82) is 0 Å². The monoisotopic (exact) mass is 431 g/mol. The molecule has 4 heteroatoms. The van der Waals surface area contributed by atoms with E-state index in [1.807, 2.05) is 18.2 Å². The van der Waals surface area contributed by atoms with Crippen LogP contribution in [-0.4, -0.2) is 8.42 Å². The maximum atomic E-state index is 13.5. The summed E-state index contributed by atoms with van der Waals surface area (Å²) in [5.74, 6) is 0. The Morgan fingerprint density at radius 1 is 0.567 bits per heavy atom. The molecule has 2 nitrogen and oxygen atoms in total. The minimum atomic E-state index is -3.64. The number of hydrogen-bond acceptors (Lipinski definition) is 2. The molecular formula is C26H23O2S2+. The molecule has 0 radical (unpaired) electrons. The number of sulfone groups is 1. The Morgan fingerprint density at radius 2 is 1.03 bits per heavy atom. The summed E-state index contributed by atoms with van der Waals surface area (Å²) in [6.45, 7) is 4.11. The summed E-state index contributed by atoms with van der Waals surface area (Å²) >= 11 is 0. The van der Waals surface area contributed by atoms with Crippen molar-refractivity contribution in [1.82, 2.24) is 0 Å². The van der Waals surface area contributed by atoms with E-state index in [2.05, 4.69) is 62.4 Å². The van der Waals surface area contributed by atoms with Crippen molar-refractivity contribution in [3.05, 3.63) is 114 Å². The Balaban J connectivity index is 1.95. The standard InChI is InChI=1S/C26H23O2S2/c1-20-12-16-22(17-13-20)29(23-18-14-21(2)15-19-23)25-10-6-7-11-26(25)30(27,28)24-8-4-3-5-9-24/h3-19H,1-2H3/q+1. The molecule has 0 saturated carbocycles. The van der Waals surface area contributed by atoms with Crippen LogP contribution in [0.1, 0.15) is 11.1 Å². The molecule has 0 aromatic heterocycles. The topological polar surface area (TPSA) is 34.1 Å². The van der Waals surface area contributed by atoms with Crippen molar-refractivity contribution in [3.8, 4) is 0 Å². The molecule has 30 heavy (non-hydrogen) atoms. The first-order valence-electron chi connectivity index (χ1n) is 9.73. The van der Waals surface area contributed by atoms with Gasteiger partial charge in [0.25, 0.3) is 0 Å². The van der Waals surface area contributed by atoms with Crippen LogP contribution in [0.5, 0.6) is 0 Å². The summed E-state index contributed by atoms with van der Waals surface area (Å²) in [5, 5.41) is 0.